The van der Waals surface area contributed by atoms with E-state index < -0.39 is 0 Å². The third kappa shape index (κ3) is 6.59. The highest BCUT2D eigenvalue weighted by molar-refractivity contribution is 14.1. The van der Waals surface area contributed by atoms with E-state index in [2.05, 4.69) is 95.4 Å². The molecule has 0 saturated heterocycles. The monoisotopic (exact) mass is 578 g/mol. The van der Waals surface area contributed by atoms with Gasteiger partial charge in [-0.05, 0) is 93.4 Å². The van der Waals surface area contributed by atoms with Crippen LogP contribution in [0.5, 0.6) is 11.5 Å². The lowest BCUT2D eigenvalue weighted by Gasteiger charge is -2.13. The van der Waals surface area contributed by atoms with Crippen LogP contribution in [0.25, 0.3) is 11.1 Å². The van der Waals surface area contributed by atoms with Crippen molar-refractivity contribution in [3.63, 3.8) is 0 Å². The number of benzene rings is 2. The van der Waals surface area contributed by atoms with Crippen molar-refractivity contribution >= 4 is 45.2 Å². The number of rotatable bonds is 11. The summed E-state index contributed by atoms with van der Waals surface area (Å²) < 4.78 is 14.2. The highest BCUT2D eigenvalue weighted by Gasteiger charge is 2.12. The summed E-state index contributed by atoms with van der Waals surface area (Å²) in [7, 11) is 0. The van der Waals surface area contributed by atoms with E-state index in [4.69, 9.17) is 9.47 Å². The van der Waals surface area contributed by atoms with Crippen LogP contribution in [0.2, 0.25) is 0 Å². The molecule has 2 rings (SSSR count). The average Bonchev–Trinajstić information content (AvgIpc) is 2.66. The van der Waals surface area contributed by atoms with E-state index in [1.165, 1.54) is 44.0 Å². The fourth-order valence-electron chi connectivity index (χ4n) is 2.67. The molecule has 0 aliphatic rings. The maximum Gasteiger partial charge on any atom is 0.133 e. The quantitative estimate of drug-likeness (QED) is 0.201. The highest BCUT2D eigenvalue weighted by atomic mass is 127. The zero-order valence-corrected chi connectivity index (χ0v) is 20.0. The SMILES string of the molecule is CCCCCOc1ccc(-c2ccc(OCCCCC)c(I)c2I)cc1. The summed E-state index contributed by atoms with van der Waals surface area (Å²) in [4.78, 5) is 0. The first-order valence-electron chi connectivity index (χ1n) is 9.51. The van der Waals surface area contributed by atoms with Gasteiger partial charge in [-0.2, -0.15) is 0 Å². The van der Waals surface area contributed by atoms with Gasteiger partial charge >= 0.3 is 0 Å². The van der Waals surface area contributed by atoms with E-state index in [9.17, 15) is 0 Å². The van der Waals surface area contributed by atoms with Crippen molar-refractivity contribution in [2.45, 2.75) is 52.4 Å². The number of ether oxygens (including phenoxy) is 2. The minimum absolute atomic E-state index is 0.795. The molecule has 0 fully saturated rings. The van der Waals surface area contributed by atoms with E-state index in [0.717, 1.165) is 37.6 Å². The molecule has 0 amide bonds. The van der Waals surface area contributed by atoms with Gasteiger partial charge in [0.05, 0.1) is 16.8 Å². The maximum absolute atomic E-state index is 5.96. The van der Waals surface area contributed by atoms with E-state index in [1.54, 1.807) is 0 Å². The van der Waals surface area contributed by atoms with Gasteiger partial charge in [0.15, 0.2) is 0 Å². The minimum atomic E-state index is 0.795. The zero-order valence-electron chi connectivity index (χ0n) is 15.7. The van der Waals surface area contributed by atoms with Gasteiger partial charge in [0.2, 0.25) is 0 Å². The Kier molecular flexibility index (Phi) is 10.1. The van der Waals surface area contributed by atoms with Crippen molar-refractivity contribution < 1.29 is 9.47 Å². The van der Waals surface area contributed by atoms with Gasteiger partial charge in [-0.1, -0.05) is 51.7 Å². The summed E-state index contributed by atoms with van der Waals surface area (Å²) in [6, 6.07) is 12.7. The molecule has 2 aromatic carbocycles. The molecular formula is C22H28I2O2. The van der Waals surface area contributed by atoms with Crippen LogP contribution in [0.1, 0.15) is 52.4 Å². The topological polar surface area (TPSA) is 18.5 Å². The fourth-order valence-corrected chi connectivity index (χ4v) is 4.06. The van der Waals surface area contributed by atoms with Crippen molar-refractivity contribution in [3.8, 4) is 22.6 Å². The minimum Gasteiger partial charge on any atom is -0.494 e. The van der Waals surface area contributed by atoms with Gasteiger partial charge in [-0.15, -0.1) is 0 Å². The van der Waals surface area contributed by atoms with E-state index in [-0.39, 0.29) is 0 Å². The molecular weight excluding hydrogens is 550 g/mol. The summed E-state index contributed by atoms with van der Waals surface area (Å²) in [5.74, 6) is 1.94. The first-order chi connectivity index (χ1) is 12.7. The van der Waals surface area contributed by atoms with Gasteiger partial charge in [0.25, 0.3) is 0 Å². The molecule has 0 heterocycles. The van der Waals surface area contributed by atoms with Crippen molar-refractivity contribution in [1.82, 2.24) is 0 Å². The molecule has 0 unspecified atom stereocenters. The molecule has 0 atom stereocenters. The number of unbranched alkanes of at least 4 members (excludes halogenated alkanes) is 4. The van der Waals surface area contributed by atoms with Crippen molar-refractivity contribution in [2.75, 3.05) is 13.2 Å². The number of halogens is 2. The first kappa shape index (κ1) is 21.8. The van der Waals surface area contributed by atoms with Crippen molar-refractivity contribution in [3.05, 3.63) is 43.5 Å². The second-order valence-corrected chi connectivity index (χ2v) is 8.53. The van der Waals surface area contributed by atoms with Crippen LogP contribution in [-0.4, -0.2) is 13.2 Å². The molecule has 26 heavy (non-hydrogen) atoms. The molecule has 2 aromatic rings. The molecule has 0 radical (unpaired) electrons. The lowest BCUT2D eigenvalue weighted by atomic mass is 10.1. The lowest BCUT2D eigenvalue weighted by Crippen LogP contribution is -2.00. The largest absolute Gasteiger partial charge is 0.494 e. The standard InChI is InChI=1S/C22H28I2O2/c1-3-5-7-15-25-18-11-9-17(10-12-18)19-13-14-20(22(24)21(19)23)26-16-8-6-4-2/h9-14H,3-8,15-16H2,1-2H3. The molecule has 0 aliphatic carbocycles. The molecule has 4 heteroatoms. The van der Waals surface area contributed by atoms with Crippen LogP contribution in [0.3, 0.4) is 0 Å². The Hall–Kier alpha value is -0.500. The molecule has 142 valence electrons. The van der Waals surface area contributed by atoms with Crippen molar-refractivity contribution in [2.24, 2.45) is 0 Å². The van der Waals surface area contributed by atoms with Gasteiger partial charge in [0, 0.05) is 3.57 Å². The fraction of sp³-hybridized carbons (Fsp3) is 0.455. The average molecular weight is 578 g/mol. The van der Waals surface area contributed by atoms with Crippen LogP contribution in [0, 0.1) is 7.14 Å². The molecule has 0 saturated carbocycles. The van der Waals surface area contributed by atoms with Gasteiger partial charge in [-0.3, -0.25) is 0 Å². The summed E-state index contributed by atoms with van der Waals surface area (Å²) >= 11 is 4.82. The molecule has 0 aromatic heterocycles. The Labute approximate surface area is 185 Å². The van der Waals surface area contributed by atoms with E-state index in [1.807, 2.05) is 0 Å². The van der Waals surface area contributed by atoms with Gasteiger partial charge < -0.3 is 9.47 Å². The molecule has 0 spiro atoms. The molecule has 0 bridgehead atoms. The normalized spacial score (nSPS) is 10.8. The third-order valence-electron chi connectivity index (χ3n) is 4.23. The lowest BCUT2D eigenvalue weighted by molar-refractivity contribution is 0.304. The summed E-state index contributed by atoms with van der Waals surface area (Å²) in [5.41, 5.74) is 2.46. The number of hydrogen-bond donors (Lipinski definition) is 0. The third-order valence-corrected chi connectivity index (χ3v) is 7.46. The van der Waals surface area contributed by atoms with Gasteiger partial charge in [-0.25, -0.2) is 0 Å². The Morgan fingerprint density at radius 2 is 1.31 bits per heavy atom. The Bertz CT molecular complexity index is 669. The van der Waals surface area contributed by atoms with Gasteiger partial charge in [0.1, 0.15) is 11.5 Å². The van der Waals surface area contributed by atoms with E-state index >= 15 is 0 Å². The molecule has 0 N–H and O–H groups in total. The second-order valence-electron chi connectivity index (χ2n) is 6.37. The molecule has 2 nitrogen and oxygen atoms in total. The predicted octanol–water partition coefficient (Wildman–Crippen LogP) is 7.70. The van der Waals surface area contributed by atoms with Crippen molar-refractivity contribution in [1.29, 1.82) is 0 Å². The Morgan fingerprint density at radius 3 is 1.92 bits per heavy atom. The Balaban J connectivity index is 2.02. The summed E-state index contributed by atoms with van der Waals surface area (Å²) in [6.07, 6.45) is 7.12. The van der Waals surface area contributed by atoms with Crippen LogP contribution in [-0.2, 0) is 0 Å². The van der Waals surface area contributed by atoms with E-state index in [0.29, 0.717) is 0 Å². The maximum atomic E-state index is 5.96. The van der Waals surface area contributed by atoms with Crippen LogP contribution >= 0.6 is 45.2 Å². The Morgan fingerprint density at radius 1 is 0.692 bits per heavy atom. The van der Waals surface area contributed by atoms with Crippen LogP contribution in [0.4, 0.5) is 0 Å². The van der Waals surface area contributed by atoms with Crippen LogP contribution in [0.15, 0.2) is 36.4 Å². The smallest absolute Gasteiger partial charge is 0.133 e. The first-order valence-corrected chi connectivity index (χ1v) is 11.7. The molecule has 0 aliphatic heterocycles. The summed E-state index contributed by atoms with van der Waals surface area (Å²) in [6.45, 7) is 6.01. The van der Waals surface area contributed by atoms with Crippen LogP contribution < -0.4 is 9.47 Å². The second kappa shape index (κ2) is 12.1. The summed E-state index contributed by atoms with van der Waals surface area (Å²) in [5, 5.41) is 0. The number of hydrogen-bond acceptors (Lipinski definition) is 2. The highest BCUT2D eigenvalue weighted by Crippen LogP contribution is 2.35. The predicted molar refractivity (Wildman–Crippen MR) is 127 cm³/mol. The zero-order chi connectivity index (χ0) is 18.8.